The Bertz CT molecular complexity index is 409. The molecule has 0 aliphatic heterocycles. The van der Waals surface area contributed by atoms with Gasteiger partial charge in [0.2, 0.25) is 0 Å². The van der Waals surface area contributed by atoms with Gasteiger partial charge in [0.1, 0.15) is 5.75 Å². The van der Waals surface area contributed by atoms with Gasteiger partial charge in [0.05, 0.1) is 0 Å². The Morgan fingerprint density at radius 1 is 1.11 bits per heavy atom. The van der Waals surface area contributed by atoms with Crippen LogP contribution in [0.15, 0.2) is 12.1 Å². The van der Waals surface area contributed by atoms with E-state index in [9.17, 15) is 5.11 Å². The molecular formula is C15H23Cl2NO. The van der Waals surface area contributed by atoms with Crippen molar-refractivity contribution in [3.8, 4) is 5.75 Å². The minimum atomic E-state index is 0.0588. The van der Waals surface area contributed by atoms with E-state index in [0.29, 0.717) is 12.3 Å². The molecule has 1 rings (SSSR count). The number of aromatic hydroxyl groups is 1. The quantitative estimate of drug-likeness (QED) is 0.801. The van der Waals surface area contributed by atoms with Gasteiger partial charge in [-0.1, -0.05) is 17.7 Å². The maximum Gasteiger partial charge on any atom is 0.122 e. The molecule has 0 radical (unpaired) electrons. The third-order valence-electron chi connectivity index (χ3n) is 2.94. The first-order chi connectivity index (χ1) is 8.79. The number of rotatable bonds is 6. The summed E-state index contributed by atoms with van der Waals surface area (Å²) in [6.07, 6.45) is 0. The highest BCUT2D eigenvalue weighted by Gasteiger charge is 2.15. The number of nitrogens with zero attached hydrogens (tertiary/aromatic N) is 1. The molecule has 0 amide bonds. The van der Waals surface area contributed by atoms with Crippen LogP contribution in [-0.4, -0.2) is 33.9 Å². The van der Waals surface area contributed by atoms with Crippen LogP contribution in [0.1, 0.15) is 30.5 Å². The SMILES string of the molecule is Cc1cc(C)c(O)c(CN(CC(C)Cl)CC(C)Cl)c1. The lowest BCUT2D eigenvalue weighted by Crippen LogP contribution is -2.33. The molecular weight excluding hydrogens is 281 g/mol. The topological polar surface area (TPSA) is 23.5 Å². The smallest absolute Gasteiger partial charge is 0.122 e. The molecule has 0 saturated carbocycles. The van der Waals surface area contributed by atoms with Crippen molar-refractivity contribution in [3.63, 3.8) is 0 Å². The third-order valence-corrected chi connectivity index (χ3v) is 3.21. The van der Waals surface area contributed by atoms with Gasteiger partial charge in [0.25, 0.3) is 0 Å². The molecule has 0 fully saturated rings. The standard InChI is InChI=1S/C15H23Cl2NO/c1-10-5-11(2)15(19)14(6-10)9-18(7-12(3)16)8-13(4)17/h5-6,12-13,19H,7-9H2,1-4H3. The van der Waals surface area contributed by atoms with Crippen LogP contribution in [0.4, 0.5) is 0 Å². The number of hydrogen-bond donors (Lipinski definition) is 1. The van der Waals surface area contributed by atoms with E-state index < -0.39 is 0 Å². The van der Waals surface area contributed by atoms with E-state index in [-0.39, 0.29) is 10.8 Å². The second-order valence-electron chi connectivity index (χ2n) is 5.35. The highest BCUT2D eigenvalue weighted by molar-refractivity contribution is 6.21. The summed E-state index contributed by atoms with van der Waals surface area (Å²) >= 11 is 12.2. The summed E-state index contributed by atoms with van der Waals surface area (Å²) in [7, 11) is 0. The first-order valence-electron chi connectivity index (χ1n) is 6.59. The fraction of sp³-hybridized carbons (Fsp3) is 0.600. The summed E-state index contributed by atoms with van der Waals surface area (Å²) in [6.45, 7) is 10.1. The van der Waals surface area contributed by atoms with Gasteiger partial charge >= 0.3 is 0 Å². The largest absolute Gasteiger partial charge is 0.507 e. The fourth-order valence-electron chi connectivity index (χ4n) is 2.32. The fourth-order valence-corrected chi connectivity index (χ4v) is 2.71. The molecule has 0 aromatic heterocycles. The molecule has 1 aromatic carbocycles. The van der Waals surface area contributed by atoms with E-state index in [0.717, 1.165) is 29.8 Å². The van der Waals surface area contributed by atoms with Crippen LogP contribution in [0.25, 0.3) is 0 Å². The Kier molecular flexibility index (Phi) is 6.45. The van der Waals surface area contributed by atoms with E-state index >= 15 is 0 Å². The zero-order valence-corrected chi connectivity index (χ0v) is 13.6. The molecule has 2 atom stereocenters. The zero-order valence-electron chi connectivity index (χ0n) is 12.1. The number of phenolic OH excluding ortho intramolecular Hbond substituents is 1. The molecule has 108 valence electrons. The van der Waals surface area contributed by atoms with E-state index in [4.69, 9.17) is 23.2 Å². The van der Waals surface area contributed by atoms with Crippen LogP contribution in [0.3, 0.4) is 0 Å². The predicted octanol–water partition coefficient (Wildman–Crippen LogP) is 4.07. The lowest BCUT2D eigenvalue weighted by atomic mass is 10.0. The molecule has 2 nitrogen and oxygen atoms in total. The summed E-state index contributed by atoms with van der Waals surface area (Å²) in [5.41, 5.74) is 3.00. The minimum absolute atomic E-state index is 0.0588. The van der Waals surface area contributed by atoms with Gasteiger partial charge in [-0.05, 0) is 33.3 Å². The summed E-state index contributed by atoms with van der Waals surface area (Å²) in [4.78, 5) is 2.18. The Morgan fingerprint density at radius 3 is 2.11 bits per heavy atom. The predicted molar refractivity (Wildman–Crippen MR) is 83.5 cm³/mol. The Labute approximate surface area is 126 Å². The van der Waals surface area contributed by atoms with E-state index in [1.165, 1.54) is 0 Å². The highest BCUT2D eigenvalue weighted by Crippen LogP contribution is 2.25. The minimum Gasteiger partial charge on any atom is -0.507 e. The summed E-state index contributed by atoms with van der Waals surface area (Å²) in [5, 5.41) is 10.3. The van der Waals surface area contributed by atoms with Crippen LogP contribution in [-0.2, 0) is 6.54 Å². The third kappa shape index (κ3) is 5.60. The van der Waals surface area contributed by atoms with Gasteiger partial charge in [-0.25, -0.2) is 0 Å². The Morgan fingerprint density at radius 2 is 1.63 bits per heavy atom. The van der Waals surface area contributed by atoms with Crippen LogP contribution < -0.4 is 0 Å². The molecule has 2 unspecified atom stereocenters. The number of aryl methyl sites for hydroxylation is 2. The van der Waals surface area contributed by atoms with Gasteiger partial charge in [-0.2, -0.15) is 0 Å². The summed E-state index contributed by atoms with van der Waals surface area (Å²) in [6, 6.07) is 4.00. The van der Waals surface area contributed by atoms with Crippen molar-refractivity contribution in [2.75, 3.05) is 13.1 Å². The molecule has 1 N–H and O–H groups in total. The van der Waals surface area contributed by atoms with Crippen molar-refractivity contribution in [3.05, 3.63) is 28.8 Å². The van der Waals surface area contributed by atoms with Gasteiger partial charge in [0.15, 0.2) is 0 Å². The van der Waals surface area contributed by atoms with E-state index in [1.54, 1.807) is 0 Å². The van der Waals surface area contributed by atoms with Crippen molar-refractivity contribution in [2.24, 2.45) is 0 Å². The van der Waals surface area contributed by atoms with Gasteiger partial charge in [-0.3, -0.25) is 4.90 Å². The van der Waals surface area contributed by atoms with Crippen molar-refractivity contribution in [1.29, 1.82) is 0 Å². The van der Waals surface area contributed by atoms with Crippen LogP contribution in [0, 0.1) is 13.8 Å². The lowest BCUT2D eigenvalue weighted by molar-refractivity contribution is 0.266. The van der Waals surface area contributed by atoms with E-state index in [2.05, 4.69) is 4.90 Å². The number of hydrogen-bond acceptors (Lipinski definition) is 2. The Balaban J connectivity index is 2.89. The number of phenols is 1. The summed E-state index contributed by atoms with van der Waals surface area (Å²) in [5.74, 6) is 0.375. The van der Waals surface area contributed by atoms with Crippen LogP contribution in [0.2, 0.25) is 0 Å². The lowest BCUT2D eigenvalue weighted by Gasteiger charge is -2.25. The second kappa shape index (κ2) is 7.37. The van der Waals surface area contributed by atoms with Crippen molar-refractivity contribution in [1.82, 2.24) is 4.90 Å². The number of alkyl halides is 2. The van der Waals surface area contributed by atoms with Crippen molar-refractivity contribution < 1.29 is 5.11 Å². The summed E-state index contributed by atoms with van der Waals surface area (Å²) < 4.78 is 0. The molecule has 19 heavy (non-hydrogen) atoms. The van der Waals surface area contributed by atoms with Gasteiger partial charge < -0.3 is 5.11 Å². The molecule has 4 heteroatoms. The maximum atomic E-state index is 10.1. The van der Waals surface area contributed by atoms with Crippen molar-refractivity contribution >= 4 is 23.2 Å². The maximum absolute atomic E-state index is 10.1. The molecule has 0 bridgehead atoms. The van der Waals surface area contributed by atoms with Crippen LogP contribution in [0.5, 0.6) is 5.75 Å². The average Bonchev–Trinajstić information content (AvgIpc) is 2.23. The first kappa shape index (κ1) is 16.6. The van der Waals surface area contributed by atoms with Gasteiger partial charge in [-0.15, -0.1) is 23.2 Å². The average molecular weight is 304 g/mol. The molecule has 0 aliphatic carbocycles. The first-order valence-corrected chi connectivity index (χ1v) is 7.46. The number of halogens is 2. The molecule has 0 saturated heterocycles. The van der Waals surface area contributed by atoms with Gasteiger partial charge in [0, 0.05) is 36.0 Å². The molecule has 0 aliphatic rings. The molecule has 0 spiro atoms. The van der Waals surface area contributed by atoms with Crippen molar-refractivity contribution in [2.45, 2.75) is 45.0 Å². The zero-order chi connectivity index (χ0) is 14.6. The molecule has 0 heterocycles. The second-order valence-corrected chi connectivity index (χ2v) is 6.84. The molecule has 1 aromatic rings. The monoisotopic (exact) mass is 303 g/mol. The Hall–Kier alpha value is -0.440. The number of benzene rings is 1. The van der Waals surface area contributed by atoms with E-state index in [1.807, 2.05) is 39.8 Å². The normalized spacial score (nSPS) is 14.7. The highest BCUT2D eigenvalue weighted by atomic mass is 35.5. The van der Waals surface area contributed by atoms with Crippen LogP contribution >= 0.6 is 23.2 Å².